The predicted octanol–water partition coefficient (Wildman–Crippen LogP) is -0.480. The molecule has 3 aliphatic heterocycles. The number of benzene rings is 1. The maximum absolute atomic E-state index is 13.0. The lowest BCUT2D eigenvalue weighted by Crippen LogP contribution is -2.48. The highest BCUT2D eigenvalue weighted by Gasteiger charge is 2.55. The number of ether oxygens (including phenoxy) is 1. The maximum Gasteiger partial charge on any atom is 0.325 e. The van der Waals surface area contributed by atoms with Crippen LogP contribution in [-0.4, -0.2) is 61.9 Å². The van der Waals surface area contributed by atoms with Crippen LogP contribution in [0.15, 0.2) is 24.3 Å². The molecule has 1 spiro atoms. The summed E-state index contributed by atoms with van der Waals surface area (Å²) in [6.45, 7) is -0.186. The van der Waals surface area contributed by atoms with Gasteiger partial charge in [-0.3, -0.25) is 14.5 Å². The average Bonchev–Trinajstić information content (AvgIpc) is 3.07. The van der Waals surface area contributed by atoms with E-state index in [1.54, 1.807) is 24.3 Å². The lowest BCUT2D eigenvalue weighted by Gasteiger charge is -2.33. The summed E-state index contributed by atoms with van der Waals surface area (Å²) in [5, 5.41) is 5.32. The van der Waals surface area contributed by atoms with Gasteiger partial charge in [-0.1, -0.05) is 18.2 Å². The number of sulfone groups is 1. The van der Waals surface area contributed by atoms with Gasteiger partial charge in [0.05, 0.1) is 18.1 Å². The molecule has 0 saturated carbocycles. The summed E-state index contributed by atoms with van der Waals surface area (Å²) in [6.07, 6.45) is 0.608. The summed E-state index contributed by atoms with van der Waals surface area (Å²) in [5.74, 6) is -0.621. The molecule has 0 radical (unpaired) electrons. The smallest absolute Gasteiger partial charge is 0.325 e. The van der Waals surface area contributed by atoms with Crippen molar-refractivity contribution < 1.29 is 27.5 Å². The predicted molar refractivity (Wildman–Crippen MR) is 93.7 cm³/mol. The van der Waals surface area contributed by atoms with E-state index >= 15 is 0 Å². The van der Waals surface area contributed by atoms with Gasteiger partial charge in [-0.25, -0.2) is 13.2 Å². The van der Waals surface area contributed by atoms with Crippen LogP contribution < -0.4 is 15.4 Å². The van der Waals surface area contributed by atoms with Crippen molar-refractivity contribution in [3.8, 4) is 5.75 Å². The summed E-state index contributed by atoms with van der Waals surface area (Å²) >= 11 is 0. The summed E-state index contributed by atoms with van der Waals surface area (Å²) in [5.41, 5.74) is -0.664. The lowest BCUT2D eigenvalue weighted by atomic mass is 9.84. The van der Waals surface area contributed by atoms with E-state index in [1.807, 2.05) is 0 Å². The fraction of sp³-hybridized carbons (Fsp3) is 0.471. The van der Waals surface area contributed by atoms with Gasteiger partial charge in [0.1, 0.15) is 12.3 Å². The molecule has 4 amide bonds. The maximum atomic E-state index is 13.0. The van der Waals surface area contributed by atoms with Crippen molar-refractivity contribution in [3.05, 3.63) is 29.8 Å². The molecule has 3 heterocycles. The first kappa shape index (κ1) is 17.8. The molecule has 144 valence electrons. The molecular weight excluding hydrogens is 374 g/mol. The molecule has 4 rings (SSSR count). The number of hydrogen-bond acceptors (Lipinski definition) is 6. The van der Waals surface area contributed by atoms with Crippen LogP contribution in [0.5, 0.6) is 5.75 Å². The minimum atomic E-state index is -3.13. The molecule has 2 unspecified atom stereocenters. The van der Waals surface area contributed by atoms with Gasteiger partial charge >= 0.3 is 6.03 Å². The molecule has 2 N–H and O–H groups in total. The summed E-state index contributed by atoms with van der Waals surface area (Å²) in [6, 6.07) is 5.85. The topological polar surface area (TPSA) is 122 Å². The second-order valence-corrected chi connectivity index (χ2v) is 9.22. The molecule has 0 aliphatic carbocycles. The van der Waals surface area contributed by atoms with E-state index in [0.717, 1.165) is 4.90 Å². The van der Waals surface area contributed by atoms with E-state index in [1.165, 1.54) is 0 Å². The van der Waals surface area contributed by atoms with Crippen LogP contribution in [0.25, 0.3) is 0 Å². The van der Waals surface area contributed by atoms with Crippen LogP contribution in [0, 0.1) is 0 Å². The van der Waals surface area contributed by atoms with Crippen molar-refractivity contribution >= 4 is 27.7 Å². The first-order chi connectivity index (χ1) is 12.8. The third kappa shape index (κ3) is 3.03. The standard InChI is InChI=1S/C17H19N3O6S/c21-14(18-11-5-8-27(24,25)10-11)9-20-15(22)17(19-16(20)23)6-7-26-13-4-2-1-3-12(13)17/h1-4,11H,5-10H2,(H,18,21)(H,19,23). The van der Waals surface area contributed by atoms with Gasteiger partial charge in [0.2, 0.25) is 5.91 Å². The highest BCUT2D eigenvalue weighted by molar-refractivity contribution is 7.91. The number of para-hydroxylation sites is 1. The number of nitrogens with one attached hydrogen (secondary N) is 2. The van der Waals surface area contributed by atoms with E-state index in [0.29, 0.717) is 17.7 Å². The molecule has 9 nitrogen and oxygen atoms in total. The number of rotatable bonds is 3. The molecule has 1 aromatic carbocycles. The van der Waals surface area contributed by atoms with Gasteiger partial charge < -0.3 is 15.4 Å². The number of urea groups is 1. The molecule has 10 heteroatoms. The van der Waals surface area contributed by atoms with Crippen LogP contribution in [0.3, 0.4) is 0 Å². The SMILES string of the molecule is O=C(CN1C(=O)NC2(CCOc3ccccc32)C1=O)NC1CCS(=O)(=O)C1. The fourth-order valence-corrected chi connectivity index (χ4v) is 5.51. The summed E-state index contributed by atoms with van der Waals surface area (Å²) in [4.78, 5) is 38.6. The van der Waals surface area contributed by atoms with Crippen molar-refractivity contribution in [1.82, 2.24) is 15.5 Å². The number of hydrogen-bond donors (Lipinski definition) is 2. The zero-order chi connectivity index (χ0) is 19.2. The second-order valence-electron chi connectivity index (χ2n) is 6.99. The van der Waals surface area contributed by atoms with Crippen molar-refractivity contribution in [3.63, 3.8) is 0 Å². The first-order valence-electron chi connectivity index (χ1n) is 8.67. The average molecular weight is 393 g/mol. The minimum Gasteiger partial charge on any atom is -0.493 e. The molecule has 1 aromatic rings. The van der Waals surface area contributed by atoms with Crippen molar-refractivity contribution in [2.45, 2.75) is 24.4 Å². The number of carbonyl (C=O) groups is 3. The Hall–Kier alpha value is -2.62. The highest BCUT2D eigenvalue weighted by Crippen LogP contribution is 2.40. The van der Waals surface area contributed by atoms with Crippen molar-refractivity contribution in [2.75, 3.05) is 24.7 Å². The van der Waals surface area contributed by atoms with Gasteiger partial charge in [0, 0.05) is 18.0 Å². The van der Waals surface area contributed by atoms with Crippen LogP contribution >= 0.6 is 0 Å². The fourth-order valence-electron chi connectivity index (χ4n) is 3.84. The molecular formula is C17H19N3O6S. The zero-order valence-electron chi connectivity index (χ0n) is 14.4. The lowest BCUT2D eigenvalue weighted by molar-refractivity contribution is -0.136. The Kier molecular flexibility index (Phi) is 4.10. The zero-order valence-corrected chi connectivity index (χ0v) is 15.3. The van der Waals surface area contributed by atoms with Gasteiger partial charge in [-0.2, -0.15) is 0 Å². The Morgan fingerprint density at radius 3 is 2.85 bits per heavy atom. The van der Waals surface area contributed by atoms with Gasteiger partial charge in [0.15, 0.2) is 15.4 Å². The highest BCUT2D eigenvalue weighted by atomic mass is 32.2. The minimum absolute atomic E-state index is 0.0287. The molecule has 0 aromatic heterocycles. The molecule has 2 saturated heterocycles. The van der Waals surface area contributed by atoms with Crippen LogP contribution in [0.2, 0.25) is 0 Å². The molecule has 2 fully saturated rings. The van der Waals surface area contributed by atoms with Crippen molar-refractivity contribution in [2.24, 2.45) is 0 Å². The molecule has 3 aliphatic rings. The quantitative estimate of drug-likeness (QED) is 0.669. The third-order valence-electron chi connectivity index (χ3n) is 5.16. The largest absolute Gasteiger partial charge is 0.493 e. The molecule has 0 bridgehead atoms. The van der Waals surface area contributed by atoms with Crippen LogP contribution in [-0.2, 0) is 25.0 Å². The molecule has 27 heavy (non-hydrogen) atoms. The van der Waals surface area contributed by atoms with E-state index in [9.17, 15) is 22.8 Å². The number of imide groups is 1. The first-order valence-corrected chi connectivity index (χ1v) is 10.5. The van der Waals surface area contributed by atoms with E-state index < -0.39 is 45.8 Å². The van der Waals surface area contributed by atoms with E-state index in [-0.39, 0.29) is 24.5 Å². The van der Waals surface area contributed by atoms with Gasteiger partial charge in [0.25, 0.3) is 5.91 Å². The normalized spacial score (nSPS) is 28.6. The van der Waals surface area contributed by atoms with E-state index in [2.05, 4.69) is 10.6 Å². The third-order valence-corrected chi connectivity index (χ3v) is 6.92. The molecule has 2 atom stereocenters. The van der Waals surface area contributed by atoms with Crippen LogP contribution in [0.1, 0.15) is 18.4 Å². The summed E-state index contributed by atoms with van der Waals surface area (Å²) in [7, 11) is -3.13. The number of carbonyl (C=O) groups excluding carboxylic acids is 3. The summed E-state index contributed by atoms with van der Waals surface area (Å²) < 4.78 is 28.6. The Labute approximate surface area is 156 Å². The Bertz CT molecular complexity index is 930. The van der Waals surface area contributed by atoms with E-state index in [4.69, 9.17) is 4.74 Å². The Morgan fingerprint density at radius 1 is 1.33 bits per heavy atom. The van der Waals surface area contributed by atoms with Crippen LogP contribution in [0.4, 0.5) is 4.79 Å². The monoisotopic (exact) mass is 393 g/mol. The van der Waals surface area contributed by atoms with Crippen molar-refractivity contribution in [1.29, 1.82) is 0 Å². The Balaban J connectivity index is 1.50. The van der Waals surface area contributed by atoms with Gasteiger partial charge in [-0.15, -0.1) is 0 Å². The van der Waals surface area contributed by atoms with Gasteiger partial charge in [-0.05, 0) is 12.5 Å². The number of amides is 4. The number of fused-ring (bicyclic) bond motifs is 2. The second kappa shape index (κ2) is 6.22. The Morgan fingerprint density at radius 2 is 2.11 bits per heavy atom. The number of nitrogens with zero attached hydrogens (tertiary/aromatic N) is 1.